The van der Waals surface area contributed by atoms with Crippen LogP contribution in [0.3, 0.4) is 0 Å². The van der Waals surface area contributed by atoms with Gasteiger partial charge in [0.2, 0.25) is 0 Å². The lowest BCUT2D eigenvalue weighted by atomic mass is 9.88. The molecular weight excluding hydrogens is 216 g/mol. The highest BCUT2D eigenvalue weighted by Crippen LogP contribution is 2.35. The van der Waals surface area contributed by atoms with E-state index in [1.807, 2.05) is 6.92 Å². The molecule has 0 aliphatic heterocycles. The molecule has 98 valence electrons. The number of hydrogen-bond acceptors (Lipinski definition) is 3. The Morgan fingerprint density at radius 3 is 2.76 bits per heavy atom. The first kappa shape index (κ1) is 14.2. The van der Waals surface area contributed by atoms with Crippen molar-refractivity contribution < 1.29 is 14.3 Å². The van der Waals surface area contributed by atoms with Crippen molar-refractivity contribution in [2.24, 2.45) is 11.8 Å². The second-order valence-electron chi connectivity index (χ2n) is 4.88. The largest absolute Gasteiger partial charge is 0.466 e. The fourth-order valence-electron chi connectivity index (χ4n) is 2.67. The summed E-state index contributed by atoms with van der Waals surface area (Å²) in [5, 5.41) is 0. The number of carbonyl (C=O) groups excluding carboxylic acids is 2. The number of rotatable bonds is 7. The van der Waals surface area contributed by atoms with E-state index >= 15 is 0 Å². The van der Waals surface area contributed by atoms with Crippen LogP contribution in [0.1, 0.15) is 58.8 Å². The van der Waals surface area contributed by atoms with Gasteiger partial charge in [0, 0.05) is 18.8 Å². The van der Waals surface area contributed by atoms with E-state index in [0.29, 0.717) is 25.2 Å². The Balaban J connectivity index is 2.41. The third kappa shape index (κ3) is 4.49. The molecule has 0 spiro atoms. The molecule has 0 heterocycles. The average molecular weight is 240 g/mol. The highest BCUT2D eigenvalue weighted by Gasteiger charge is 2.35. The standard InChI is InChI=1S/C14H24O3/c1-3-5-6-7-12-11(8-9-13(12)15)10-14(16)17-4-2/h11-12H,3-10H2,1-2H3. The summed E-state index contributed by atoms with van der Waals surface area (Å²) in [5.74, 6) is 0.562. The lowest BCUT2D eigenvalue weighted by Gasteiger charge is -2.17. The van der Waals surface area contributed by atoms with Gasteiger partial charge in [-0.25, -0.2) is 0 Å². The molecule has 2 unspecified atom stereocenters. The molecule has 0 aromatic rings. The summed E-state index contributed by atoms with van der Waals surface area (Å²) in [6.07, 6.45) is 6.36. The molecular formula is C14H24O3. The number of ketones is 1. The molecule has 1 saturated carbocycles. The molecule has 0 bridgehead atoms. The molecule has 1 fully saturated rings. The molecule has 0 amide bonds. The van der Waals surface area contributed by atoms with Crippen molar-refractivity contribution in [3.63, 3.8) is 0 Å². The van der Waals surface area contributed by atoms with Crippen LogP contribution in [-0.4, -0.2) is 18.4 Å². The van der Waals surface area contributed by atoms with E-state index in [1.165, 1.54) is 12.8 Å². The SMILES string of the molecule is CCCCCC1C(=O)CCC1CC(=O)OCC. The molecule has 0 saturated heterocycles. The summed E-state index contributed by atoms with van der Waals surface area (Å²) in [4.78, 5) is 23.2. The minimum Gasteiger partial charge on any atom is -0.466 e. The second kappa shape index (κ2) is 7.46. The number of hydrogen-bond donors (Lipinski definition) is 0. The molecule has 0 aromatic carbocycles. The van der Waals surface area contributed by atoms with E-state index in [0.717, 1.165) is 19.3 Å². The van der Waals surface area contributed by atoms with E-state index < -0.39 is 0 Å². The quantitative estimate of drug-likeness (QED) is 0.507. The van der Waals surface area contributed by atoms with Crippen molar-refractivity contribution in [2.45, 2.75) is 58.8 Å². The summed E-state index contributed by atoms with van der Waals surface area (Å²) in [6, 6.07) is 0. The summed E-state index contributed by atoms with van der Waals surface area (Å²) in [7, 11) is 0. The van der Waals surface area contributed by atoms with E-state index in [-0.39, 0.29) is 17.8 Å². The first-order valence-corrected chi connectivity index (χ1v) is 6.87. The average Bonchev–Trinajstić information content (AvgIpc) is 2.62. The maximum atomic E-state index is 11.8. The van der Waals surface area contributed by atoms with Crippen molar-refractivity contribution >= 4 is 11.8 Å². The third-order valence-corrected chi connectivity index (χ3v) is 3.60. The van der Waals surface area contributed by atoms with Crippen molar-refractivity contribution in [3.05, 3.63) is 0 Å². The molecule has 0 radical (unpaired) electrons. The highest BCUT2D eigenvalue weighted by atomic mass is 16.5. The lowest BCUT2D eigenvalue weighted by molar-refractivity contribution is -0.144. The fourth-order valence-corrected chi connectivity index (χ4v) is 2.67. The van der Waals surface area contributed by atoms with E-state index in [4.69, 9.17) is 4.74 Å². The molecule has 0 N–H and O–H groups in total. The molecule has 1 aliphatic rings. The second-order valence-corrected chi connectivity index (χ2v) is 4.88. The van der Waals surface area contributed by atoms with Gasteiger partial charge in [0.15, 0.2) is 0 Å². The number of unbranched alkanes of at least 4 members (excludes halogenated alkanes) is 2. The van der Waals surface area contributed by atoms with Crippen LogP contribution in [0.25, 0.3) is 0 Å². The van der Waals surface area contributed by atoms with Crippen LogP contribution in [0.4, 0.5) is 0 Å². The summed E-state index contributed by atoms with van der Waals surface area (Å²) >= 11 is 0. The maximum absolute atomic E-state index is 11.8. The van der Waals surface area contributed by atoms with Gasteiger partial charge in [-0.15, -0.1) is 0 Å². The van der Waals surface area contributed by atoms with Crippen molar-refractivity contribution in [1.29, 1.82) is 0 Å². The first-order chi connectivity index (χ1) is 8.19. The zero-order chi connectivity index (χ0) is 12.7. The number of ether oxygens (including phenoxy) is 1. The Morgan fingerprint density at radius 1 is 1.35 bits per heavy atom. The third-order valence-electron chi connectivity index (χ3n) is 3.60. The molecule has 17 heavy (non-hydrogen) atoms. The lowest BCUT2D eigenvalue weighted by Crippen LogP contribution is -2.19. The Labute approximate surface area is 104 Å². The first-order valence-electron chi connectivity index (χ1n) is 6.87. The number of Topliss-reactive ketones (excluding diaryl/α,β-unsaturated/α-hetero) is 1. The molecule has 3 nitrogen and oxygen atoms in total. The number of carbonyl (C=O) groups is 2. The van der Waals surface area contributed by atoms with Crippen LogP contribution in [0.2, 0.25) is 0 Å². The maximum Gasteiger partial charge on any atom is 0.306 e. The van der Waals surface area contributed by atoms with Crippen LogP contribution >= 0.6 is 0 Å². The van der Waals surface area contributed by atoms with Gasteiger partial charge in [-0.05, 0) is 25.7 Å². The van der Waals surface area contributed by atoms with E-state index in [2.05, 4.69) is 6.92 Å². The van der Waals surface area contributed by atoms with Gasteiger partial charge in [-0.3, -0.25) is 9.59 Å². The number of esters is 1. The van der Waals surface area contributed by atoms with Crippen molar-refractivity contribution in [3.8, 4) is 0 Å². The Kier molecular flexibility index (Phi) is 6.23. The van der Waals surface area contributed by atoms with Gasteiger partial charge in [0.05, 0.1) is 6.61 Å². The smallest absolute Gasteiger partial charge is 0.306 e. The highest BCUT2D eigenvalue weighted by molar-refractivity contribution is 5.84. The summed E-state index contributed by atoms with van der Waals surface area (Å²) in [5.41, 5.74) is 0. The van der Waals surface area contributed by atoms with Crippen molar-refractivity contribution in [2.75, 3.05) is 6.61 Å². The Hall–Kier alpha value is -0.860. The van der Waals surface area contributed by atoms with Gasteiger partial charge < -0.3 is 4.74 Å². The Bertz CT molecular complexity index is 260. The summed E-state index contributed by atoms with van der Waals surface area (Å²) < 4.78 is 4.96. The zero-order valence-corrected chi connectivity index (χ0v) is 11.0. The topological polar surface area (TPSA) is 43.4 Å². The molecule has 2 atom stereocenters. The van der Waals surface area contributed by atoms with Crippen molar-refractivity contribution in [1.82, 2.24) is 0 Å². The minimum absolute atomic E-state index is 0.117. The van der Waals surface area contributed by atoms with Crippen LogP contribution < -0.4 is 0 Å². The Morgan fingerprint density at radius 2 is 2.12 bits per heavy atom. The molecule has 0 aromatic heterocycles. The minimum atomic E-state index is -0.146. The van der Waals surface area contributed by atoms with Gasteiger partial charge in [-0.2, -0.15) is 0 Å². The van der Waals surface area contributed by atoms with E-state index in [9.17, 15) is 9.59 Å². The van der Waals surface area contributed by atoms with Crippen LogP contribution in [-0.2, 0) is 14.3 Å². The monoisotopic (exact) mass is 240 g/mol. The van der Waals surface area contributed by atoms with Crippen LogP contribution in [0.5, 0.6) is 0 Å². The molecule has 1 aliphatic carbocycles. The van der Waals surface area contributed by atoms with Gasteiger partial charge >= 0.3 is 5.97 Å². The van der Waals surface area contributed by atoms with Crippen LogP contribution in [0, 0.1) is 11.8 Å². The molecule has 3 heteroatoms. The summed E-state index contributed by atoms with van der Waals surface area (Å²) in [6.45, 7) is 4.41. The van der Waals surface area contributed by atoms with Gasteiger partial charge in [0.1, 0.15) is 5.78 Å². The normalized spacial score (nSPS) is 24.0. The van der Waals surface area contributed by atoms with E-state index in [1.54, 1.807) is 0 Å². The predicted octanol–water partition coefficient (Wildman–Crippen LogP) is 3.12. The van der Waals surface area contributed by atoms with Gasteiger partial charge in [0.25, 0.3) is 0 Å². The predicted molar refractivity (Wildman–Crippen MR) is 66.6 cm³/mol. The van der Waals surface area contributed by atoms with Crippen LogP contribution in [0.15, 0.2) is 0 Å². The zero-order valence-electron chi connectivity index (χ0n) is 11.0. The molecule has 1 rings (SSSR count). The van der Waals surface area contributed by atoms with Gasteiger partial charge in [-0.1, -0.05) is 26.2 Å². The fraction of sp³-hybridized carbons (Fsp3) is 0.857.